The molecule has 102 valence electrons. The molecule has 0 amide bonds. The van der Waals surface area contributed by atoms with Gasteiger partial charge in [-0.25, -0.2) is 8.42 Å². The van der Waals surface area contributed by atoms with Gasteiger partial charge in [0.2, 0.25) is 10.0 Å². The largest absolute Gasteiger partial charge is 0.319 e. The molecule has 1 saturated heterocycles. The van der Waals surface area contributed by atoms with Gasteiger partial charge in [-0.15, -0.1) is 0 Å². The summed E-state index contributed by atoms with van der Waals surface area (Å²) in [5.74, 6) is 0.373. The van der Waals surface area contributed by atoms with Gasteiger partial charge in [0.15, 0.2) is 0 Å². The fourth-order valence-corrected chi connectivity index (χ4v) is 3.85. The van der Waals surface area contributed by atoms with Crippen molar-refractivity contribution in [3.05, 3.63) is 29.8 Å². The van der Waals surface area contributed by atoms with Crippen molar-refractivity contribution in [2.45, 2.75) is 11.3 Å². The zero-order valence-electron chi connectivity index (χ0n) is 10.8. The maximum Gasteiger partial charge on any atom is 0.243 e. The minimum Gasteiger partial charge on any atom is -0.319 e. The van der Waals surface area contributed by atoms with Crippen LogP contribution in [0.15, 0.2) is 29.2 Å². The molecule has 1 heterocycles. The van der Waals surface area contributed by atoms with E-state index in [9.17, 15) is 8.42 Å². The minimum atomic E-state index is -3.42. The van der Waals surface area contributed by atoms with Crippen molar-refractivity contribution in [1.82, 2.24) is 9.62 Å². The van der Waals surface area contributed by atoms with E-state index in [0.29, 0.717) is 24.6 Å². The Morgan fingerprint density at radius 2 is 2.11 bits per heavy atom. The molecular weight excluding hydrogens is 262 g/mol. The summed E-state index contributed by atoms with van der Waals surface area (Å²) in [5.41, 5.74) is 0.466. The van der Waals surface area contributed by atoms with Crippen LogP contribution in [0.4, 0.5) is 0 Å². The first kappa shape index (κ1) is 14.0. The van der Waals surface area contributed by atoms with Crippen LogP contribution in [0, 0.1) is 17.2 Å². The topological polar surface area (TPSA) is 73.2 Å². The molecule has 2 rings (SSSR count). The maximum absolute atomic E-state index is 12.4. The monoisotopic (exact) mass is 279 g/mol. The Labute approximate surface area is 113 Å². The van der Waals surface area contributed by atoms with E-state index in [2.05, 4.69) is 5.32 Å². The number of nitriles is 1. The third-order valence-corrected chi connectivity index (χ3v) is 5.24. The Morgan fingerprint density at radius 1 is 1.42 bits per heavy atom. The Kier molecular flexibility index (Phi) is 4.20. The van der Waals surface area contributed by atoms with Crippen LogP contribution in [-0.2, 0) is 10.0 Å². The molecule has 1 N–H and O–H groups in total. The van der Waals surface area contributed by atoms with E-state index in [1.165, 1.54) is 28.6 Å². The predicted octanol–water partition coefficient (Wildman–Crippen LogP) is 0.788. The fourth-order valence-electron chi connectivity index (χ4n) is 2.32. The number of rotatable bonds is 4. The van der Waals surface area contributed by atoms with Crippen molar-refractivity contribution in [1.29, 1.82) is 5.26 Å². The van der Waals surface area contributed by atoms with Gasteiger partial charge in [0, 0.05) is 13.1 Å². The van der Waals surface area contributed by atoms with Crippen LogP contribution in [0.1, 0.15) is 12.0 Å². The molecule has 1 aliphatic rings. The van der Waals surface area contributed by atoms with E-state index < -0.39 is 10.0 Å². The third-order valence-electron chi connectivity index (χ3n) is 3.36. The van der Waals surface area contributed by atoms with Gasteiger partial charge < -0.3 is 5.32 Å². The van der Waals surface area contributed by atoms with Gasteiger partial charge in [0.25, 0.3) is 0 Å². The molecule has 6 heteroatoms. The lowest BCUT2D eigenvalue weighted by Crippen LogP contribution is -2.30. The van der Waals surface area contributed by atoms with Crippen molar-refractivity contribution in [3.63, 3.8) is 0 Å². The van der Waals surface area contributed by atoms with E-state index in [0.717, 1.165) is 13.0 Å². The second-order valence-corrected chi connectivity index (χ2v) is 6.65. The zero-order valence-corrected chi connectivity index (χ0v) is 11.7. The normalized spacial score (nSPS) is 20.3. The van der Waals surface area contributed by atoms with Crippen LogP contribution < -0.4 is 5.32 Å². The van der Waals surface area contributed by atoms with E-state index in [4.69, 9.17) is 5.26 Å². The number of sulfonamides is 1. The third kappa shape index (κ3) is 2.95. The smallest absolute Gasteiger partial charge is 0.243 e. The van der Waals surface area contributed by atoms with Gasteiger partial charge in [-0.2, -0.15) is 9.57 Å². The first-order valence-corrected chi connectivity index (χ1v) is 7.67. The quantitative estimate of drug-likeness (QED) is 0.884. The molecule has 0 saturated carbocycles. The van der Waals surface area contributed by atoms with Crippen molar-refractivity contribution < 1.29 is 8.42 Å². The van der Waals surface area contributed by atoms with Crippen molar-refractivity contribution in [2.75, 3.05) is 26.7 Å². The van der Waals surface area contributed by atoms with Crippen LogP contribution in [0.25, 0.3) is 0 Å². The maximum atomic E-state index is 12.4. The highest BCUT2D eigenvalue weighted by molar-refractivity contribution is 7.89. The van der Waals surface area contributed by atoms with E-state index in [1.807, 2.05) is 13.1 Å². The molecule has 0 radical (unpaired) electrons. The molecule has 0 spiro atoms. The van der Waals surface area contributed by atoms with Crippen LogP contribution in [0.2, 0.25) is 0 Å². The zero-order chi connectivity index (χ0) is 13.9. The lowest BCUT2D eigenvalue weighted by atomic mass is 10.1. The molecule has 0 bridgehead atoms. The molecular formula is C13H17N3O2S. The van der Waals surface area contributed by atoms with E-state index >= 15 is 0 Å². The number of nitrogens with one attached hydrogen (secondary N) is 1. The molecule has 1 aliphatic heterocycles. The molecule has 5 nitrogen and oxygen atoms in total. The summed E-state index contributed by atoms with van der Waals surface area (Å²) in [7, 11) is -1.55. The molecule has 1 fully saturated rings. The SMILES string of the molecule is CNC[C@@H]1CCN(S(=O)(=O)c2ccc(C#N)cc2)C1. The highest BCUT2D eigenvalue weighted by atomic mass is 32.2. The Morgan fingerprint density at radius 3 is 2.68 bits per heavy atom. The Hall–Kier alpha value is -1.42. The summed E-state index contributed by atoms with van der Waals surface area (Å²) >= 11 is 0. The summed E-state index contributed by atoms with van der Waals surface area (Å²) in [6.45, 7) is 1.96. The first-order valence-electron chi connectivity index (χ1n) is 6.23. The molecule has 0 unspecified atom stereocenters. The van der Waals surface area contributed by atoms with Gasteiger partial charge >= 0.3 is 0 Å². The van der Waals surface area contributed by atoms with Gasteiger partial charge in [-0.05, 0) is 50.2 Å². The molecule has 1 aromatic rings. The molecule has 19 heavy (non-hydrogen) atoms. The Bertz CT molecular complexity index is 575. The van der Waals surface area contributed by atoms with Gasteiger partial charge in [0.05, 0.1) is 16.5 Å². The van der Waals surface area contributed by atoms with Gasteiger partial charge in [0.1, 0.15) is 0 Å². The standard InChI is InChI=1S/C13H17N3O2S/c1-15-9-12-6-7-16(10-12)19(17,18)13-4-2-11(8-14)3-5-13/h2-5,12,15H,6-7,9-10H2,1H3/t12-/m0/s1. The highest BCUT2D eigenvalue weighted by Crippen LogP contribution is 2.24. The average molecular weight is 279 g/mol. The van der Waals surface area contributed by atoms with Gasteiger partial charge in [-0.1, -0.05) is 0 Å². The summed E-state index contributed by atoms with van der Waals surface area (Å²) in [6, 6.07) is 8.05. The summed E-state index contributed by atoms with van der Waals surface area (Å²) < 4.78 is 26.3. The van der Waals surface area contributed by atoms with Crippen LogP contribution in [-0.4, -0.2) is 39.4 Å². The highest BCUT2D eigenvalue weighted by Gasteiger charge is 2.31. The van der Waals surface area contributed by atoms with E-state index in [1.54, 1.807) is 0 Å². The fraction of sp³-hybridized carbons (Fsp3) is 0.462. The molecule has 0 aromatic heterocycles. The summed E-state index contributed by atoms with van der Waals surface area (Å²) in [4.78, 5) is 0.261. The van der Waals surface area contributed by atoms with Gasteiger partial charge in [-0.3, -0.25) is 0 Å². The Balaban J connectivity index is 2.16. The number of nitrogens with zero attached hydrogens (tertiary/aromatic N) is 2. The number of hydrogen-bond acceptors (Lipinski definition) is 4. The average Bonchev–Trinajstić information content (AvgIpc) is 2.89. The summed E-state index contributed by atoms with van der Waals surface area (Å²) in [6.07, 6.45) is 0.885. The minimum absolute atomic E-state index is 0.261. The van der Waals surface area contributed by atoms with Crippen LogP contribution in [0.3, 0.4) is 0 Å². The van der Waals surface area contributed by atoms with E-state index in [-0.39, 0.29) is 4.90 Å². The number of hydrogen-bond donors (Lipinski definition) is 1. The van der Waals surface area contributed by atoms with Crippen molar-refractivity contribution >= 4 is 10.0 Å². The second kappa shape index (κ2) is 5.70. The lowest BCUT2D eigenvalue weighted by Gasteiger charge is -2.16. The summed E-state index contributed by atoms with van der Waals surface area (Å²) in [5, 5.41) is 11.8. The van der Waals surface area contributed by atoms with Crippen LogP contribution >= 0.6 is 0 Å². The second-order valence-electron chi connectivity index (χ2n) is 4.71. The number of benzene rings is 1. The van der Waals surface area contributed by atoms with Crippen molar-refractivity contribution in [2.24, 2.45) is 5.92 Å². The molecule has 0 aliphatic carbocycles. The lowest BCUT2D eigenvalue weighted by molar-refractivity contribution is 0.451. The first-order chi connectivity index (χ1) is 9.07. The van der Waals surface area contributed by atoms with Crippen molar-refractivity contribution in [3.8, 4) is 6.07 Å². The van der Waals surface area contributed by atoms with Crippen LogP contribution in [0.5, 0.6) is 0 Å². The molecule has 1 aromatic carbocycles. The predicted molar refractivity (Wildman–Crippen MR) is 71.9 cm³/mol. The molecule has 1 atom stereocenters.